The predicted molar refractivity (Wildman–Crippen MR) is 110 cm³/mol. The lowest BCUT2D eigenvalue weighted by atomic mass is 9.74. The molecule has 168 valence electrons. The van der Waals surface area contributed by atoms with Gasteiger partial charge in [-0.2, -0.15) is 0 Å². The molecule has 0 aromatic heterocycles. The maximum absolute atomic E-state index is 12.8. The number of likely N-dealkylation sites (N-methyl/N-ethyl adjacent to an activating group) is 1. The lowest BCUT2D eigenvalue weighted by Crippen LogP contribution is -3.12. The van der Waals surface area contributed by atoms with Crippen LogP contribution in [0.4, 0.5) is 0 Å². The minimum Gasteiger partial charge on any atom is -0.507 e. The van der Waals surface area contributed by atoms with Gasteiger partial charge >= 0.3 is 5.97 Å². The second-order valence-corrected chi connectivity index (χ2v) is 8.35. The quantitative estimate of drug-likeness (QED) is 0.263. The predicted octanol–water partition coefficient (Wildman–Crippen LogP) is -0.859. The summed E-state index contributed by atoms with van der Waals surface area (Å²) < 4.78 is 5.53. The molecule has 0 saturated carbocycles. The molecule has 2 aromatic rings. The highest BCUT2D eigenvalue weighted by molar-refractivity contribution is 6.21. The van der Waals surface area contributed by atoms with Crippen molar-refractivity contribution in [1.82, 2.24) is 0 Å². The molecule has 0 bridgehead atoms. The van der Waals surface area contributed by atoms with Crippen molar-refractivity contribution < 1.29 is 44.4 Å². The van der Waals surface area contributed by atoms with Crippen LogP contribution in [-0.2, 0) is 14.3 Å². The number of nitrogens with one attached hydrogen (secondary N) is 1. The fourth-order valence-corrected chi connectivity index (χ4v) is 4.97. The van der Waals surface area contributed by atoms with Crippen LogP contribution in [0.3, 0.4) is 0 Å². The number of carbonyl (C=O) groups excluding carboxylic acids is 3. The molecule has 0 spiro atoms. The Labute approximate surface area is 182 Å². The molecule has 0 fully saturated rings. The highest BCUT2D eigenvalue weighted by Crippen LogP contribution is 2.50. The number of benzene rings is 2. The molecule has 2 aliphatic rings. The summed E-state index contributed by atoms with van der Waals surface area (Å²) in [5, 5.41) is 43.2. The monoisotopic (exact) mass is 443 g/mol. The number of fused-ring (bicyclic) bond motifs is 2. The number of Topliss-reactive ketones (excluding diaryl/α,β-unsaturated/α-hetero) is 1. The lowest BCUT2D eigenvalue weighted by Gasteiger charge is -2.38. The molecule has 32 heavy (non-hydrogen) atoms. The molecule has 10 nitrogen and oxygen atoms in total. The standard InChI is InChI=1S/C22H22N2O8/c1-7-8-5-4-6-9(25)11(8)16(26)12-10(7)20(32-22(12)31)13-15(24(2)3)17(27)14(21(23)30)19(29)18(13)28/h4-6,13,15,18,20,25-28H,1-3H3,(H2,23,30)/p+1/t13-,15+,18-,20-/m1/s1. The number of ketones is 1. The summed E-state index contributed by atoms with van der Waals surface area (Å²) in [6.07, 6.45) is -3.02. The first-order valence-corrected chi connectivity index (χ1v) is 9.92. The fourth-order valence-electron chi connectivity index (χ4n) is 4.97. The van der Waals surface area contributed by atoms with Gasteiger partial charge in [0, 0.05) is 5.56 Å². The number of phenolic OH excluding ortho intramolecular Hbond substituents is 2. The van der Waals surface area contributed by atoms with Gasteiger partial charge in [-0.3, -0.25) is 9.59 Å². The molecule has 7 N–H and O–H groups in total. The normalized spacial score (nSPS) is 25.4. The van der Waals surface area contributed by atoms with Gasteiger partial charge in [0.15, 0.2) is 11.8 Å². The largest absolute Gasteiger partial charge is 0.507 e. The number of amides is 1. The number of aliphatic hydroxyl groups excluding tert-OH is 2. The van der Waals surface area contributed by atoms with Gasteiger partial charge in [0.25, 0.3) is 5.91 Å². The van der Waals surface area contributed by atoms with Crippen LogP contribution in [0.15, 0.2) is 29.5 Å². The van der Waals surface area contributed by atoms with Gasteiger partial charge in [0.05, 0.1) is 25.4 Å². The summed E-state index contributed by atoms with van der Waals surface area (Å²) in [5.74, 6) is -5.60. The van der Waals surface area contributed by atoms with E-state index in [2.05, 4.69) is 0 Å². The number of ether oxygens (including phenoxy) is 1. The number of aromatic hydroxyl groups is 2. The van der Waals surface area contributed by atoms with Gasteiger partial charge in [-0.15, -0.1) is 0 Å². The summed E-state index contributed by atoms with van der Waals surface area (Å²) in [6.45, 7) is 1.66. The molecule has 0 radical (unpaired) electrons. The van der Waals surface area contributed by atoms with Crippen molar-refractivity contribution in [2.45, 2.75) is 25.2 Å². The van der Waals surface area contributed by atoms with Crippen LogP contribution in [0.5, 0.6) is 11.5 Å². The van der Waals surface area contributed by atoms with Gasteiger partial charge in [-0.05, 0) is 23.9 Å². The number of cyclic esters (lactones) is 1. The number of carbonyl (C=O) groups is 3. The first-order chi connectivity index (χ1) is 15.0. The van der Waals surface area contributed by atoms with Crippen molar-refractivity contribution in [2.24, 2.45) is 11.7 Å². The molecule has 1 amide bonds. The fraction of sp³-hybridized carbons (Fsp3) is 0.318. The second kappa shape index (κ2) is 7.21. The minimum atomic E-state index is -1.81. The zero-order chi connectivity index (χ0) is 23.6. The molecule has 4 atom stereocenters. The van der Waals surface area contributed by atoms with Crippen LogP contribution in [-0.4, -0.2) is 64.3 Å². The molecular formula is C22H23N2O8+. The summed E-state index contributed by atoms with van der Waals surface area (Å²) in [7, 11) is 3.27. The number of nitrogens with two attached hydrogens (primary N) is 1. The number of rotatable bonds is 3. The van der Waals surface area contributed by atoms with E-state index in [4.69, 9.17) is 10.5 Å². The Morgan fingerprint density at radius 2 is 1.81 bits per heavy atom. The Kier molecular flexibility index (Phi) is 4.87. The summed E-state index contributed by atoms with van der Waals surface area (Å²) >= 11 is 0. The molecule has 1 aliphatic heterocycles. The van der Waals surface area contributed by atoms with E-state index in [0.717, 1.165) is 0 Å². The highest BCUT2D eigenvalue weighted by Gasteiger charge is 2.56. The number of quaternary nitrogens is 1. The van der Waals surface area contributed by atoms with Gasteiger partial charge in [0.2, 0.25) is 5.78 Å². The first-order valence-electron chi connectivity index (χ1n) is 9.92. The van der Waals surface area contributed by atoms with Crippen molar-refractivity contribution in [3.8, 4) is 11.5 Å². The Hall–Kier alpha value is -3.63. The van der Waals surface area contributed by atoms with E-state index in [0.29, 0.717) is 15.8 Å². The molecule has 0 unspecified atom stereocenters. The van der Waals surface area contributed by atoms with Crippen molar-refractivity contribution in [2.75, 3.05) is 14.1 Å². The minimum absolute atomic E-state index is 0.0789. The molecule has 0 saturated heterocycles. The molecular weight excluding hydrogens is 420 g/mol. The summed E-state index contributed by atoms with van der Waals surface area (Å²) in [5.41, 5.74) is 5.12. The van der Waals surface area contributed by atoms with Gasteiger partial charge in [0.1, 0.15) is 34.8 Å². The molecule has 10 heteroatoms. The highest BCUT2D eigenvalue weighted by atomic mass is 16.6. The number of primary amides is 1. The molecule has 4 rings (SSSR count). The van der Waals surface area contributed by atoms with Crippen LogP contribution in [0, 0.1) is 12.8 Å². The van der Waals surface area contributed by atoms with E-state index in [9.17, 15) is 34.8 Å². The average molecular weight is 443 g/mol. The van der Waals surface area contributed by atoms with Crippen LogP contribution in [0.2, 0.25) is 0 Å². The number of phenols is 2. The maximum atomic E-state index is 12.8. The van der Waals surface area contributed by atoms with Crippen molar-refractivity contribution >= 4 is 28.4 Å². The summed E-state index contributed by atoms with van der Waals surface area (Å²) in [6, 6.07) is 3.57. The smallest absolute Gasteiger partial charge is 0.343 e. The van der Waals surface area contributed by atoms with Crippen molar-refractivity contribution in [3.05, 3.63) is 46.2 Å². The molecule has 2 aromatic carbocycles. The van der Waals surface area contributed by atoms with Crippen molar-refractivity contribution in [3.63, 3.8) is 0 Å². The van der Waals surface area contributed by atoms with E-state index >= 15 is 0 Å². The topological polar surface area (TPSA) is 172 Å². The lowest BCUT2D eigenvalue weighted by molar-refractivity contribution is -0.887. The second-order valence-electron chi connectivity index (χ2n) is 8.35. The van der Waals surface area contributed by atoms with E-state index in [1.165, 1.54) is 6.07 Å². The van der Waals surface area contributed by atoms with Crippen LogP contribution < -0.4 is 10.6 Å². The molecule has 1 heterocycles. The Morgan fingerprint density at radius 3 is 2.41 bits per heavy atom. The Balaban J connectivity index is 1.99. The summed E-state index contributed by atoms with van der Waals surface area (Å²) in [4.78, 5) is 37.8. The molecule has 1 aliphatic carbocycles. The van der Waals surface area contributed by atoms with E-state index in [1.54, 1.807) is 33.2 Å². The third-order valence-corrected chi connectivity index (χ3v) is 6.35. The van der Waals surface area contributed by atoms with Gasteiger partial charge < -0.3 is 35.8 Å². The third kappa shape index (κ3) is 2.76. The van der Waals surface area contributed by atoms with E-state index < -0.39 is 58.9 Å². The number of hydrogen-bond acceptors (Lipinski definition) is 8. The SMILES string of the molecule is Cc1c2c(c(O)c3c(O)cccc13)C(=O)O[C@H]2[C@@H]1[C@H]([NH+](C)C)C(O)=C(C(N)=O)C(=O)[C@@H]1O. The average Bonchev–Trinajstić information content (AvgIpc) is 3.05. The zero-order valence-electron chi connectivity index (χ0n) is 17.5. The number of aryl methyl sites for hydroxylation is 1. The first kappa shape index (κ1) is 21.6. The maximum Gasteiger partial charge on any atom is 0.343 e. The van der Waals surface area contributed by atoms with Crippen LogP contribution in [0.1, 0.15) is 27.6 Å². The number of aliphatic hydroxyl groups is 2. The van der Waals surface area contributed by atoms with Crippen molar-refractivity contribution in [1.29, 1.82) is 0 Å². The Morgan fingerprint density at radius 1 is 1.16 bits per heavy atom. The third-order valence-electron chi connectivity index (χ3n) is 6.35. The number of esters is 1. The zero-order valence-corrected chi connectivity index (χ0v) is 17.5. The number of hydrogen-bond donors (Lipinski definition) is 6. The van der Waals surface area contributed by atoms with Crippen LogP contribution in [0.25, 0.3) is 10.8 Å². The van der Waals surface area contributed by atoms with Gasteiger partial charge in [-0.1, -0.05) is 12.1 Å². The van der Waals surface area contributed by atoms with Crippen LogP contribution >= 0.6 is 0 Å². The van der Waals surface area contributed by atoms with Gasteiger partial charge in [-0.25, -0.2) is 4.79 Å². The Bertz CT molecular complexity index is 1230. The van der Waals surface area contributed by atoms with E-state index in [1.807, 2.05) is 0 Å². The van der Waals surface area contributed by atoms with E-state index in [-0.39, 0.29) is 22.3 Å².